The summed E-state index contributed by atoms with van der Waals surface area (Å²) >= 11 is 0. The van der Waals surface area contributed by atoms with Gasteiger partial charge in [0.1, 0.15) is 0 Å². The summed E-state index contributed by atoms with van der Waals surface area (Å²) < 4.78 is 25.5. The fourth-order valence-electron chi connectivity index (χ4n) is 2.89. The van der Waals surface area contributed by atoms with Crippen LogP contribution in [0.5, 0.6) is 0 Å². The van der Waals surface area contributed by atoms with Gasteiger partial charge >= 0.3 is 5.97 Å². The molecule has 1 fully saturated rings. The molecule has 0 aromatic heterocycles. The smallest absolute Gasteiger partial charge is 0.306 e. The number of nitrogens with zero attached hydrogens (tertiary/aromatic N) is 1. The van der Waals surface area contributed by atoms with Crippen molar-refractivity contribution in [2.45, 2.75) is 32.2 Å². The zero-order valence-electron chi connectivity index (χ0n) is 12.1. The zero-order chi connectivity index (χ0) is 16.1. The van der Waals surface area contributed by atoms with Crippen molar-refractivity contribution in [2.75, 3.05) is 6.54 Å². The lowest BCUT2D eigenvalue weighted by Crippen LogP contribution is -2.38. The average Bonchev–Trinajstić information content (AvgIpc) is 2.96. The fourth-order valence-corrected chi connectivity index (χ4v) is 2.89. The number of carboxylic acids is 1. The first-order valence-corrected chi connectivity index (χ1v) is 7.31. The second-order valence-corrected chi connectivity index (χ2v) is 5.64. The number of carbonyl (C=O) groups excluding carboxylic acids is 1. The van der Waals surface area contributed by atoms with E-state index in [1.54, 1.807) is 24.3 Å². The van der Waals surface area contributed by atoms with Gasteiger partial charge in [0.25, 0.3) is 6.43 Å². The predicted molar refractivity (Wildman–Crippen MR) is 76.3 cm³/mol. The van der Waals surface area contributed by atoms with E-state index in [1.807, 2.05) is 6.07 Å². The lowest BCUT2D eigenvalue weighted by molar-refractivity contribution is -0.142. The molecule has 0 spiro atoms. The van der Waals surface area contributed by atoms with Crippen molar-refractivity contribution in [1.82, 2.24) is 4.90 Å². The van der Waals surface area contributed by atoms with Gasteiger partial charge in [0.05, 0.1) is 12.5 Å². The molecule has 1 aromatic rings. The van der Waals surface area contributed by atoms with Crippen LogP contribution in [0.3, 0.4) is 0 Å². The molecule has 0 radical (unpaired) electrons. The highest BCUT2D eigenvalue weighted by atomic mass is 19.3. The van der Waals surface area contributed by atoms with Gasteiger partial charge in [0.2, 0.25) is 5.91 Å². The van der Waals surface area contributed by atoms with Crippen LogP contribution >= 0.6 is 0 Å². The average molecular weight is 311 g/mol. The van der Waals surface area contributed by atoms with Crippen molar-refractivity contribution >= 4 is 11.9 Å². The molecule has 120 valence electrons. The van der Waals surface area contributed by atoms with Crippen LogP contribution in [0.1, 0.15) is 24.8 Å². The number of aliphatic carboxylic acids is 1. The standard InChI is InChI=1S/C16H19F2NO3/c17-14(18)10-19(9-11-4-2-1-3-5-11)15(20)12-6-7-13(8-12)16(21)22/h1-5,12-14H,6-10H2,(H,21,22)/t12-,13+/m0/s1. The molecule has 1 aromatic carbocycles. The summed E-state index contributed by atoms with van der Waals surface area (Å²) in [5, 5.41) is 8.99. The molecular formula is C16H19F2NO3. The molecule has 2 rings (SSSR count). The van der Waals surface area contributed by atoms with Crippen LogP contribution in [0.2, 0.25) is 0 Å². The maximum absolute atomic E-state index is 12.8. The summed E-state index contributed by atoms with van der Waals surface area (Å²) in [7, 11) is 0. The van der Waals surface area contributed by atoms with Crippen LogP contribution < -0.4 is 0 Å². The summed E-state index contributed by atoms with van der Waals surface area (Å²) in [5.74, 6) is -2.30. The Balaban J connectivity index is 2.05. The number of amides is 1. The minimum atomic E-state index is -2.61. The number of benzene rings is 1. The van der Waals surface area contributed by atoms with E-state index in [-0.39, 0.29) is 18.9 Å². The summed E-state index contributed by atoms with van der Waals surface area (Å²) in [6.07, 6.45) is -1.49. The third-order valence-electron chi connectivity index (χ3n) is 4.02. The highest BCUT2D eigenvalue weighted by Crippen LogP contribution is 2.32. The first-order valence-electron chi connectivity index (χ1n) is 7.31. The first-order chi connectivity index (χ1) is 10.5. The van der Waals surface area contributed by atoms with Gasteiger partial charge in [-0.2, -0.15) is 0 Å². The second-order valence-electron chi connectivity index (χ2n) is 5.64. The minimum Gasteiger partial charge on any atom is -0.481 e. The Kier molecular flexibility index (Phi) is 5.46. The van der Waals surface area contributed by atoms with E-state index >= 15 is 0 Å². The monoisotopic (exact) mass is 311 g/mol. The van der Waals surface area contributed by atoms with Crippen molar-refractivity contribution < 1.29 is 23.5 Å². The molecule has 0 bridgehead atoms. The Labute approximate surface area is 127 Å². The van der Waals surface area contributed by atoms with E-state index in [1.165, 1.54) is 0 Å². The molecule has 0 saturated heterocycles. The SMILES string of the molecule is O=C(O)[C@@H]1CC[C@H](C(=O)N(Cc2ccccc2)CC(F)F)C1. The molecule has 1 aliphatic rings. The van der Waals surface area contributed by atoms with Crippen molar-refractivity contribution in [2.24, 2.45) is 11.8 Å². The van der Waals surface area contributed by atoms with Crippen molar-refractivity contribution in [3.63, 3.8) is 0 Å². The zero-order valence-corrected chi connectivity index (χ0v) is 12.1. The summed E-state index contributed by atoms with van der Waals surface area (Å²) in [4.78, 5) is 24.6. The molecule has 6 heteroatoms. The normalized spacial score (nSPS) is 21.0. The van der Waals surface area contributed by atoms with Gasteiger partial charge in [-0.1, -0.05) is 30.3 Å². The highest BCUT2D eigenvalue weighted by molar-refractivity contribution is 5.81. The van der Waals surface area contributed by atoms with Crippen LogP contribution in [0.25, 0.3) is 0 Å². The number of alkyl halides is 2. The van der Waals surface area contributed by atoms with Gasteiger partial charge in [-0.25, -0.2) is 8.78 Å². The molecule has 1 N–H and O–H groups in total. The molecular weight excluding hydrogens is 292 g/mol. The summed E-state index contributed by atoms with van der Waals surface area (Å²) in [6, 6.07) is 8.95. The molecule has 22 heavy (non-hydrogen) atoms. The minimum absolute atomic E-state index is 0.123. The van der Waals surface area contributed by atoms with Crippen LogP contribution in [-0.4, -0.2) is 34.9 Å². The Morgan fingerprint density at radius 1 is 1.18 bits per heavy atom. The lowest BCUT2D eigenvalue weighted by Gasteiger charge is -2.25. The molecule has 0 aliphatic heterocycles. The van der Waals surface area contributed by atoms with E-state index in [4.69, 9.17) is 5.11 Å². The van der Waals surface area contributed by atoms with Gasteiger partial charge in [0, 0.05) is 12.5 Å². The lowest BCUT2D eigenvalue weighted by atomic mass is 10.0. The van der Waals surface area contributed by atoms with Gasteiger partial charge in [-0.05, 0) is 24.8 Å². The Morgan fingerprint density at radius 3 is 2.36 bits per heavy atom. The third-order valence-corrected chi connectivity index (χ3v) is 4.02. The molecule has 1 amide bonds. The van der Waals surface area contributed by atoms with E-state index in [0.29, 0.717) is 12.8 Å². The van der Waals surface area contributed by atoms with Gasteiger partial charge < -0.3 is 10.0 Å². The molecule has 2 atom stereocenters. The number of halogens is 2. The number of hydrogen-bond donors (Lipinski definition) is 1. The number of hydrogen-bond acceptors (Lipinski definition) is 2. The Bertz CT molecular complexity index is 521. The van der Waals surface area contributed by atoms with Crippen LogP contribution in [-0.2, 0) is 16.1 Å². The Morgan fingerprint density at radius 2 is 1.82 bits per heavy atom. The van der Waals surface area contributed by atoms with Crippen molar-refractivity contribution in [1.29, 1.82) is 0 Å². The third kappa shape index (κ3) is 4.26. The molecule has 4 nitrogen and oxygen atoms in total. The quantitative estimate of drug-likeness (QED) is 0.879. The van der Waals surface area contributed by atoms with Crippen LogP contribution in [0.4, 0.5) is 8.78 Å². The Hall–Kier alpha value is -1.98. The molecule has 1 aliphatic carbocycles. The van der Waals surface area contributed by atoms with Crippen molar-refractivity contribution in [3.05, 3.63) is 35.9 Å². The van der Waals surface area contributed by atoms with Crippen LogP contribution in [0, 0.1) is 11.8 Å². The van der Waals surface area contributed by atoms with E-state index in [2.05, 4.69) is 0 Å². The molecule has 0 unspecified atom stereocenters. The van der Waals surface area contributed by atoms with Gasteiger partial charge in [-0.3, -0.25) is 9.59 Å². The molecule has 0 heterocycles. The first kappa shape index (κ1) is 16.4. The maximum Gasteiger partial charge on any atom is 0.306 e. The van der Waals surface area contributed by atoms with Gasteiger partial charge in [-0.15, -0.1) is 0 Å². The highest BCUT2D eigenvalue weighted by Gasteiger charge is 2.36. The number of carboxylic acid groups (broad SMARTS) is 1. The van der Waals surface area contributed by atoms with E-state index in [9.17, 15) is 18.4 Å². The van der Waals surface area contributed by atoms with Crippen LogP contribution in [0.15, 0.2) is 30.3 Å². The molecule has 1 saturated carbocycles. The topological polar surface area (TPSA) is 57.6 Å². The van der Waals surface area contributed by atoms with Gasteiger partial charge in [0.15, 0.2) is 0 Å². The van der Waals surface area contributed by atoms with Crippen molar-refractivity contribution in [3.8, 4) is 0 Å². The number of rotatable bonds is 6. The second kappa shape index (κ2) is 7.33. The van der Waals surface area contributed by atoms with E-state index in [0.717, 1.165) is 10.5 Å². The van der Waals surface area contributed by atoms with E-state index < -0.39 is 30.8 Å². The fraction of sp³-hybridized carbons (Fsp3) is 0.500. The largest absolute Gasteiger partial charge is 0.481 e. The summed E-state index contributed by atoms with van der Waals surface area (Å²) in [6.45, 7) is -0.500. The maximum atomic E-state index is 12.8. The number of carbonyl (C=O) groups is 2. The summed E-state index contributed by atoms with van der Waals surface area (Å²) in [5.41, 5.74) is 0.782. The predicted octanol–water partition coefficient (Wildman–Crippen LogP) is 2.78.